The van der Waals surface area contributed by atoms with Crippen molar-refractivity contribution in [2.24, 2.45) is 0 Å². The Morgan fingerprint density at radius 1 is 1.04 bits per heavy atom. The number of hydrogen-bond donors (Lipinski definition) is 2. The molecule has 6 heteroatoms. The van der Waals surface area contributed by atoms with E-state index in [-0.39, 0.29) is 11.7 Å². The number of hydrogen-bond acceptors (Lipinski definition) is 4. The monoisotopic (exact) mass is 382 g/mol. The summed E-state index contributed by atoms with van der Waals surface area (Å²) in [6.45, 7) is 8.22. The number of Topliss-reactive ketones (excluding diaryl/α,β-unsaturated/α-hetero) is 1. The van der Waals surface area contributed by atoms with Crippen LogP contribution in [0.2, 0.25) is 0 Å². The Kier molecular flexibility index (Phi) is 6.66. The molecule has 0 unspecified atom stereocenters. The number of carbonyl (C=O) groups is 2. The second kappa shape index (κ2) is 9.37. The molecule has 0 atom stereocenters. The molecule has 2 aromatic rings. The predicted octanol–water partition coefficient (Wildman–Crippen LogP) is 1.63. The molecule has 148 valence electrons. The summed E-state index contributed by atoms with van der Waals surface area (Å²) < 4.78 is 5.41. The molecule has 0 aliphatic carbocycles. The number of nitrogens with one attached hydrogen (secondary N) is 2. The third-order valence-electron chi connectivity index (χ3n) is 4.97. The Morgan fingerprint density at radius 3 is 2.25 bits per heavy atom. The maximum Gasteiger partial charge on any atom is 0.279 e. The molecule has 1 fully saturated rings. The number of rotatable bonds is 7. The molecule has 6 nitrogen and oxygen atoms in total. The molecule has 1 aliphatic rings. The van der Waals surface area contributed by atoms with E-state index in [1.54, 1.807) is 6.92 Å². The van der Waals surface area contributed by atoms with Crippen molar-refractivity contribution >= 4 is 23.1 Å². The normalized spacial score (nSPS) is 14.6. The quantitative estimate of drug-likeness (QED) is 0.715. The summed E-state index contributed by atoms with van der Waals surface area (Å²) in [5.74, 6) is 0.913. The molecular formula is C22H28N3O3+. The maximum absolute atomic E-state index is 12.3. The molecule has 2 aromatic carbocycles. The first-order valence-corrected chi connectivity index (χ1v) is 9.77. The molecule has 0 aromatic heterocycles. The molecule has 3 rings (SSSR count). The summed E-state index contributed by atoms with van der Waals surface area (Å²) in [7, 11) is 0. The highest BCUT2D eigenvalue weighted by Crippen LogP contribution is 2.16. The fourth-order valence-electron chi connectivity index (χ4n) is 3.40. The van der Waals surface area contributed by atoms with E-state index in [0.29, 0.717) is 13.2 Å². The third-order valence-corrected chi connectivity index (χ3v) is 4.97. The van der Waals surface area contributed by atoms with Crippen LogP contribution in [0, 0.1) is 0 Å². The highest BCUT2D eigenvalue weighted by atomic mass is 16.5. The molecule has 1 aliphatic heterocycles. The topological polar surface area (TPSA) is 63.1 Å². The first kappa shape index (κ1) is 19.9. The number of anilines is 2. The first-order chi connectivity index (χ1) is 13.5. The number of carbonyl (C=O) groups excluding carboxylic acids is 2. The van der Waals surface area contributed by atoms with Gasteiger partial charge in [0.2, 0.25) is 0 Å². The number of ketones is 1. The van der Waals surface area contributed by atoms with Crippen molar-refractivity contribution in [3.8, 4) is 5.75 Å². The van der Waals surface area contributed by atoms with Crippen LogP contribution in [0.5, 0.6) is 5.75 Å². The number of benzene rings is 2. The minimum absolute atomic E-state index is 0.0263. The Bertz CT molecular complexity index is 795. The zero-order valence-electron chi connectivity index (χ0n) is 16.5. The van der Waals surface area contributed by atoms with Crippen molar-refractivity contribution in [2.75, 3.05) is 49.5 Å². The Labute approximate surface area is 166 Å². The molecule has 0 spiro atoms. The van der Waals surface area contributed by atoms with E-state index in [4.69, 9.17) is 4.74 Å². The van der Waals surface area contributed by atoms with Gasteiger partial charge in [-0.05, 0) is 62.4 Å². The number of quaternary nitrogens is 1. The minimum Gasteiger partial charge on any atom is -0.494 e. The zero-order valence-corrected chi connectivity index (χ0v) is 16.5. The lowest BCUT2D eigenvalue weighted by Gasteiger charge is -2.33. The summed E-state index contributed by atoms with van der Waals surface area (Å²) in [6, 6.07) is 15.2. The first-order valence-electron chi connectivity index (χ1n) is 9.77. The molecule has 1 saturated heterocycles. The van der Waals surface area contributed by atoms with E-state index in [0.717, 1.165) is 48.9 Å². The minimum atomic E-state index is 0.0263. The van der Waals surface area contributed by atoms with Crippen LogP contribution in [0.3, 0.4) is 0 Å². The summed E-state index contributed by atoms with van der Waals surface area (Å²) in [5.41, 5.74) is 2.65. The predicted molar refractivity (Wildman–Crippen MR) is 110 cm³/mol. The zero-order chi connectivity index (χ0) is 19.9. The van der Waals surface area contributed by atoms with Gasteiger partial charge in [0, 0.05) is 16.9 Å². The van der Waals surface area contributed by atoms with Gasteiger partial charge in [0.05, 0.1) is 32.8 Å². The second-order valence-electron chi connectivity index (χ2n) is 7.02. The van der Waals surface area contributed by atoms with E-state index >= 15 is 0 Å². The van der Waals surface area contributed by atoms with Crippen LogP contribution in [0.25, 0.3) is 0 Å². The molecule has 0 radical (unpaired) electrons. The lowest BCUT2D eigenvalue weighted by molar-refractivity contribution is -0.892. The summed E-state index contributed by atoms with van der Waals surface area (Å²) >= 11 is 0. The van der Waals surface area contributed by atoms with Crippen molar-refractivity contribution in [3.05, 3.63) is 54.1 Å². The number of amides is 1. The van der Waals surface area contributed by atoms with Gasteiger partial charge in [-0.3, -0.25) is 9.59 Å². The standard InChI is InChI=1S/C22H27N3O3/c1-3-28-21-10-6-19(7-11-21)23-22(27)16-24-12-14-25(15-13-24)20-8-4-18(5-9-20)17(2)26/h4-11H,3,12-16H2,1-2H3,(H,23,27)/p+1. The van der Waals surface area contributed by atoms with Gasteiger partial charge in [0.25, 0.3) is 5.91 Å². The number of ether oxygens (including phenoxy) is 1. The summed E-state index contributed by atoms with van der Waals surface area (Å²) in [4.78, 5) is 27.3. The van der Waals surface area contributed by atoms with E-state index in [9.17, 15) is 9.59 Å². The smallest absolute Gasteiger partial charge is 0.279 e. The molecular weight excluding hydrogens is 354 g/mol. The lowest BCUT2D eigenvalue weighted by atomic mass is 10.1. The van der Waals surface area contributed by atoms with Crippen LogP contribution in [0.15, 0.2) is 48.5 Å². The SMILES string of the molecule is CCOc1ccc(NC(=O)C[NH+]2CCN(c3ccc(C(C)=O)cc3)CC2)cc1. The fourth-order valence-corrected chi connectivity index (χ4v) is 3.40. The van der Waals surface area contributed by atoms with E-state index < -0.39 is 0 Å². The second-order valence-corrected chi connectivity index (χ2v) is 7.02. The van der Waals surface area contributed by atoms with Gasteiger partial charge in [-0.15, -0.1) is 0 Å². The van der Waals surface area contributed by atoms with Gasteiger partial charge in [-0.2, -0.15) is 0 Å². The Hall–Kier alpha value is -2.86. The van der Waals surface area contributed by atoms with Gasteiger partial charge in [0.15, 0.2) is 12.3 Å². The van der Waals surface area contributed by atoms with Gasteiger partial charge in [0.1, 0.15) is 5.75 Å². The highest BCUT2D eigenvalue weighted by molar-refractivity contribution is 5.94. The van der Waals surface area contributed by atoms with Gasteiger partial charge in [-0.25, -0.2) is 0 Å². The van der Waals surface area contributed by atoms with Crippen LogP contribution >= 0.6 is 0 Å². The lowest BCUT2D eigenvalue weighted by Crippen LogP contribution is -3.15. The van der Waals surface area contributed by atoms with E-state index in [1.165, 1.54) is 4.90 Å². The molecule has 2 N–H and O–H groups in total. The van der Waals surface area contributed by atoms with Crippen molar-refractivity contribution in [1.29, 1.82) is 0 Å². The van der Waals surface area contributed by atoms with Crippen LogP contribution < -0.4 is 19.9 Å². The van der Waals surface area contributed by atoms with Crippen molar-refractivity contribution in [2.45, 2.75) is 13.8 Å². The summed E-state index contributed by atoms with van der Waals surface area (Å²) in [6.07, 6.45) is 0. The van der Waals surface area contributed by atoms with Crippen LogP contribution in [-0.2, 0) is 4.79 Å². The van der Waals surface area contributed by atoms with Crippen molar-refractivity contribution in [3.63, 3.8) is 0 Å². The van der Waals surface area contributed by atoms with Crippen LogP contribution in [0.4, 0.5) is 11.4 Å². The van der Waals surface area contributed by atoms with Crippen LogP contribution in [0.1, 0.15) is 24.2 Å². The summed E-state index contributed by atoms with van der Waals surface area (Å²) in [5, 5.41) is 2.96. The fraction of sp³-hybridized carbons (Fsp3) is 0.364. The van der Waals surface area contributed by atoms with Crippen LogP contribution in [-0.4, -0.2) is 51.0 Å². The van der Waals surface area contributed by atoms with Gasteiger partial charge in [-0.1, -0.05) is 0 Å². The molecule has 28 heavy (non-hydrogen) atoms. The molecule has 0 saturated carbocycles. The number of nitrogens with zero attached hydrogens (tertiary/aromatic N) is 1. The average molecular weight is 382 g/mol. The largest absolute Gasteiger partial charge is 0.494 e. The molecule has 0 bridgehead atoms. The van der Waals surface area contributed by atoms with Gasteiger partial charge >= 0.3 is 0 Å². The Morgan fingerprint density at radius 2 is 1.68 bits per heavy atom. The Balaban J connectivity index is 1.45. The van der Waals surface area contributed by atoms with Crippen molar-refractivity contribution < 1.29 is 19.2 Å². The van der Waals surface area contributed by atoms with Crippen molar-refractivity contribution in [1.82, 2.24) is 0 Å². The third kappa shape index (κ3) is 5.33. The van der Waals surface area contributed by atoms with Gasteiger partial charge < -0.3 is 19.9 Å². The van der Waals surface area contributed by atoms with E-state index in [1.807, 2.05) is 55.5 Å². The highest BCUT2D eigenvalue weighted by Gasteiger charge is 2.22. The van der Waals surface area contributed by atoms with E-state index in [2.05, 4.69) is 10.2 Å². The average Bonchev–Trinajstić information content (AvgIpc) is 2.70. The maximum atomic E-state index is 12.3. The molecule has 1 heterocycles. The molecule has 1 amide bonds. The number of piperazine rings is 1.